The Kier molecular flexibility index (Phi) is 4.87. The molecule has 0 bridgehead atoms. The minimum absolute atomic E-state index is 0.825. The smallest absolute Gasteiger partial charge is 0.133 e. The summed E-state index contributed by atoms with van der Waals surface area (Å²) in [5.41, 5.74) is 2.98. The minimum Gasteiger partial charge on any atom is -0.354 e. The largest absolute Gasteiger partial charge is 0.354 e. The summed E-state index contributed by atoms with van der Waals surface area (Å²) in [4.78, 5) is 16.7. The van der Waals surface area contributed by atoms with Crippen molar-refractivity contribution in [2.45, 2.75) is 33.2 Å². The molecule has 0 atom stereocenters. The van der Waals surface area contributed by atoms with Gasteiger partial charge in [-0.05, 0) is 29.3 Å². The molecule has 2 heterocycles. The zero-order valence-corrected chi connectivity index (χ0v) is 13.8. The second kappa shape index (κ2) is 6.43. The van der Waals surface area contributed by atoms with Crippen LogP contribution in [-0.4, -0.2) is 22.0 Å². The van der Waals surface area contributed by atoms with Crippen LogP contribution in [0.4, 0.5) is 5.82 Å². The number of nitrogens with zero attached hydrogens (tertiary/aromatic N) is 4. The van der Waals surface area contributed by atoms with Crippen molar-refractivity contribution in [1.82, 2.24) is 15.0 Å². The lowest BCUT2D eigenvalue weighted by Crippen LogP contribution is -2.18. The highest BCUT2D eigenvalue weighted by Gasteiger charge is 2.10. The third-order valence-corrected chi connectivity index (χ3v) is 4.14. The van der Waals surface area contributed by atoms with Gasteiger partial charge in [0.25, 0.3) is 0 Å². The highest BCUT2D eigenvalue weighted by molar-refractivity contribution is 9.10. The maximum absolute atomic E-state index is 4.60. The maximum Gasteiger partial charge on any atom is 0.133 e. The molecule has 0 saturated heterocycles. The number of hydrogen-bond acceptors (Lipinski definition) is 5. The van der Waals surface area contributed by atoms with Gasteiger partial charge in [0.15, 0.2) is 0 Å². The Morgan fingerprint density at radius 2 is 2.16 bits per heavy atom. The molecule has 0 unspecified atom stereocenters. The Bertz CT molecular complexity index is 555. The molecule has 0 saturated carbocycles. The van der Waals surface area contributed by atoms with E-state index in [0.29, 0.717) is 0 Å². The minimum atomic E-state index is 0.825. The van der Waals surface area contributed by atoms with Crippen LogP contribution in [0.25, 0.3) is 0 Å². The molecule has 0 spiro atoms. The van der Waals surface area contributed by atoms with Crippen LogP contribution >= 0.6 is 27.3 Å². The molecule has 0 aliphatic heterocycles. The van der Waals surface area contributed by atoms with E-state index < -0.39 is 0 Å². The lowest BCUT2D eigenvalue weighted by atomic mass is 10.3. The molecule has 2 rings (SSSR count). The van der Waals surface area contributed by atoms with Gasteiger partial charge in [0.2, 0.25) is 0 Å². The van der Waals surface area contributed by atoms with Crippen molar-refractivity contribution in [3.8, 4) is 0 Å². The van der Waals surface area contributed by atoms with E-state index in [1.807, 2.05) is 25.5 Å². The first-order valence-electron chi connectivity index (χ1n) is 6.23. The van der Waals surface area contributed by atoms with Gasteiger partial charge in [0.1, 0.15) is 16.2 Å². The van der Waals surface area contributed by atoms with Gasteiger partial charge in [-0.1, -0.05) is 6.92 Å². The molecule has 0 aromatic carbocycles. The SMILES string of the molecule is CCCc1nc(Br)cc(N(C)Cc2scnc2C)n1. The Morgan fingerprint density at radius 1 is 1.37 bits per heavy atom. The summed E-state index contributed by atoms with van der Waals surface area (Å²) in [6, 6.07) is 1.95. The first-order valence-corrected chi connectivity index (χ1v) is 7.91. The third kappa shape index (κ3) is 3.73. The van der Waals surface area contributed by atoms with Crippen molar-refractivity contribution in [3.05, 3.63) is 32.6 Å². The Hall–Kier alpha value is -1.01. The molecule has 2 aromatic rings. The average Bonchev–Trinajstić information content (AvgIpc) is 2.75. The first kappa shape index (κ1) is 14.4. The molecule has 0 aliphatic rings. The number of aryl methyl sites for hydroxylation is 2. The quantitative estimate of drug-likeness (QED) is 0.780. The van der Waals surface area contributed by atoms with E-state index in [-0.39, 0.29) is 0 Å². The molecule has 0 aliphatic carbocycles. The molecule has 0 fully saturated rings. The fourth-order valence-electron chi connectivity index (χ4n) is 1.76. The molecule has 6 heteroatoms. The van der Waals surface area contributed by atoms with Gasteiger partial charge in [-0.15, -0.1) is 11.3 Å². The molecule has 0 radical (unpaired) electrons. The zero-order valence-electron chi connectivity index (χ0n) is 11.4. The Labute approximate surface area is 126 Å². The second-order valence-corrected chi connectivity index (χ2v) is 6.18. The molecule has 0 N–H and O–H groups in total. The van der Waals surface area contributed by atoms with Crippen molar-refractivity contribution < 1.29 is 0 Å². The molecular weight excluding hydrogens is 324 g/mol. The van der Waals surface area contributed by atoms with E-state index in [4.69, 9.17) is 0 Å². The van der Waals surface area contributed by atoms with E-state index in [1.54, 1.807) is 11.3 Å². The maximum atomic E-state index is 4.60. The van der Waals surface area contributed by atoms with E-state index in [0.717, 1.165) is 41.3 Å². The van der Waals surface area contributed by atoms with Gasteiger partial charge >= 0.3 is 0 Å². The normalized spacial score (nSPS) is 10.7. The van der Waals surface area contributed by atoms with Crippen LogP contribution in [0.2, 0.25) is 0 Å². The van der Waals surface area contributed by atoms with Crippen LogP contribution in [0.15, 0.2) is 16.2 Å². The highest BCUT2D eigenvalue weighted by atomic mass is 79.9. The van der Waals surface area contributed by atoms with Gasteiger partial charge in [0, 0.05) is 24.4 Å². The van der Waals surface area contributed by atoms with E-state index in [1.165, 1.54) is 4.88 Å². The summed E-state index contributed by atoms with van der Waals surface area (Å²) >= 11 is 5.14. The second-order valence-electron chi connectivity index (χ2n) is 4.43. The molecule has 102 valence electrons. The molecular formula is C13H17BrN4S. The third-order valence-electron chi connectivity index (χ3n) is 2.82. The number of halogens is 1. The van der Waals surface area contributed by atoms with Crippen molar-refractivity contribution in [2.75, 3.05) is 11.9 Å². The number of thiazole rings is 1. The summed E-state index contributed by atoms with van der Waals surface area (Å²) < 4.78 is 0.842. The zero-order chi connectivity index (χ0) is 13.8. The van der Waals surface area contributed by atoms with Crippen LogP contribution in [0.1, 0.15) is 29.7 Å². The fraction of sp³-hybridized carbons (Fsp3) is 0.462. The average molecular weight is 341 g/mol. The van der Waals surface area contributed by atoms with Crippen molar-refractivity contribution in [1.29, 1.82) is 0 Å². The standard InChI is InChI=1S/C13H17BrN4S/c1-4-5-12-16-11(14)6-13(17-12)18(3)7-10-9(2)15-8-19-10/h6,8H,4-5,7H2,1-3H3. The van der Waals surface area contributed by atoms with Crippen molar-refractivity contribution in [2.24, 2.45) is 0 Å². The van der Waals surface area contributed by atoms with Gasteiger partial charge in [0.05, 0.1) is 17.7 Å². The summed E-state index contributed by atoms with van der Waals surface area (Å²) in [5, 5.41) is 0. The van der Waals surface area contributed by atoms with Crippen LogP contribution in [0.5, 0.6) is 0 Å². The Balaban J connectivity index is 2.18. The van der Waals surface area contributed by atoms with Crippen LogP contribution in [0, 0.1) is 6.92 Å². The number of hydrogen-bond donors (Lipinski definition) is 0. The predicted molar refractivity (Wildman–Crippen MR) is 82.7 cm³/mol. The number of aromatic nitrogens is 3. The van der Waals surface area contributed by atoms with E-state index >= 15 is 0 Å². The predicted octanol–water partition coefficient (Wildman–Crippen LogP) is 3.59. The molecule has 19 heavy (non-hydrogen) atoms. The summed E-state index contributed by atoms with van der Waals surface area (Å²) in [6.07, 6.45) is 1.95. The summed E-state index contributed by atoms with van der Waals surface area (Å²) in [7, 11) is 2.05. The van der Waals surface area contributed by atoms with Gasteiger partial charge in [-0.3, -0.25) is 0 Å². The van der Waals surface area contributed by atoms with Crippen molar-refractivity contribution in [3.63, 3.8) is 0 Å². The van der Waals surface area contributed by atoms with Gasteiger partial charge < -0.3 is 4.90 Å². The number of rotatable bonds is 5. The van der Waals surface area contributed by atoms with Crippen LogP contribution in [-0.2, 0) is 13.0 Å². The first-order chi connectivity index (χ1) is 9.10. The number of anilines is 1. The van der Waals surface area contributed by atoms with Crippen molar-refractivity contribution >= 4 is 33.1 Å². The van der Waals surface area contributed by atoms with E-state index in [2.05, 4.69) is 42.7 Å². The topological polar surface area (TPSA) is 41.9 Å². The van der Waals surface area contributed by atoms with Gasteiger partial charge in [-0.25, -0.2) is 15.0 Å². The van der Waals surface area contributed by atoms with Crippen LogP contribution < -0.4 is 4.90 Å². The lowest BCUT2D eigenvalue weighted by Gasteiger charge is -2.18. The Morgan fingerprint density at radius 3 is 2.79 bits per heavy atom. The lowest BCUT2D eigenvalue weighted by molar-refractivity contribution is 0.807. The van der Waals surface area contributed by atoms with Crippen LogP contribution in [0.3, 0.4) is 0 Å². The van der Waals surface area contributed by atoms with E-state index in [9.17, 15) is 0 Å². The van der Waals surface area contributed by atoms with Gasteiger partial charge in [-0.2, -0.15) is 0 Å². The monoisotopic (exact) mass is 340 g/mol. The molecule has 2 aromatic heterocycles. The summed E-state index contributed by atoms with van der Waals surface area (Å²) in [6.45, 7) is 5.00. The highest BCUT2D eigenvalue weighted by Crippen LogP contribution is 2.20. The molecule has 0 amide bonds. The summed E-state index contributed by atoms with van der Waals surface area (Å²) in [5.74, 6) is 1.83. The fourth-order valence-corrected chi connectivity index (χ4v) is 3.00. The molecule has 4 nitrogen and oxygen atoms in total.